The molecular formula is C15H11ClN2O3. The lowest BCUT2D eigenvalue weighted by atomic mass is 10.2. The van der Waals surface area contributed by atoms with Crippen LogP contribution in [0.2, 0.25) is 5.02 Å². The van der Waals surface area contributed by atoms with Crippen molar-refractivity contribution in [3.05, 3.63) is 52.9 Å². The van der Waals surface area contributed by atoms with Gasteiger partial charge in [0.2, 0.25) is 0 Å². The van der Waals surface area contributed by atoms with Gasteiger partial charge in [0.25, 0.3) is 0 Å². The van der Waals surface area contributed by atoms with Crippen LogP contribution in [0.15, 0.2) is 36.5 Å². The van der Waals surface area contributed by atoms with E-state index in [0.717, 1.165) is 5.69 Å². The molecule has 0 aliphatic rings. The summed E-state index contributed by atoms with van der Waals surface area (Å²) in [6.07, 6.45) is 1.64. The Balaban J connectivity index is 2.42. The molecule has 21 heavy (non-hydrogen) atoms. The highest BCUT2D eigenvalue weighted by Crippen LogP contribution is 2.37. The Morgan fingerprint density at radius 2 is 1.95 bits per heavy atom. The second-order valence-corrected chi connectivity index (χ2v) is 5.01. The number of hydrogen-bond acceptors (Lipinski definition) is 3. The largest absolute Gasteiger partial charge is 0.505 e. The fraction of sp³-hybridized carbons (Fsp3) is 0.0667. The fourth-order valence-corrected chi connectivity index (χ4v) is 2.67. The molecule has 0 spiro atoms. The summed E-state index contributed by atoms with van der Waals surface area (Å²) in [6.45, 7) is 1.68. The van der Waals surface area contributed by atoms with Crippen LogP contribution >= 0.6 is 11.6 Å². The van der Waals surface area contributed by atoms with Gasteiger partial charge in [0, 0.05) is 11.9 Å². The minimum atomic E-state index is -1.29. The van der Waals surface area contributed by atoms with E-state index < -0.39 is 17.4 Å². The van der Waals surface area contributed by atoms with E-state index in [0.29, 0.717) is 16.6 Å². The number of carboxylic acids is 1. The lowest BCUT2D eigenvalue weighted by Crippen LogP contribution is -2.04. The summed E-state index contributed by atoms with van der Waals surface area (Å²) in [5, 5.41) is 19.8. The molecule has 0 bridgehead atoms. The van der Waals surface area contributed by atoms with Gasteiger partial charge in [-0.3, -0.25) is 0 Å². The molecule has 3 rings (SSSR count). The summed E-state index contributed by atoms with van der Waals surface area (Å²) < 4.78 is 1.78. The summed E-state index contributed by atoms with van der Waals surface area (Å²) in [5.41, 5.74) is 1.53. The maximum Gasteiger partial charge on any atom is 0.358 e. The average Bonchev–Trinajstić information content (AvgIpc) is 2.82. The summed E-state index contributed by atoms with van der Waals surface area (Å²) in [4.78, 5) is 15.1. The molecule has 3 aromatic rings. The van der Waals surface area contributed by atoms with Crippen LogP contribution < -0.4 is 0 Å². The van der Waals surface area contributed by atoms with Crippen molar-refractivity contribution in [2.45, 2.75) is 6.92 Å². The Hall–Kier alpha value is -2.53. The molecule has 0 atom stereocenters. The van der Waals surface area contributed by atoms with Crippen LogP contribution in [0.25, 0.3) is 16.6 Å². The summed E-state index contributed by atoms with van der Waals surface area (Å²) in [7, 11) is 0. The zero-order chi connectivity index (χ0) is 15.1. The topological polar surface area (TPSA) is 75.3 Å². The van der Waals surface area contributed by atoms with Crippen molar-refractivity contribution in [1.82, 2.24) is 9.55 Å². The molecule has 0 aliphatic heterocycles. The van der Waals surface area contributed by atoms with Crippen LogP contribution in [0.5, 0.6) is 5.75 Å². The minimum absolute atomic E-state index is 0.277. The van der Waals surface area contributed by atoms with Crippen molar-refractivity contribution in [3.63, 3.8) is 0 Å². The Labute approximate surface area is 125 Å². The van der Waals surface area contributed by atoms with Crippen LogP contribution in [0.3, 0.4) is 0 Å². The van der Waals surface area contributed by atoms with Crippen molar-refractivity contribution in [1.29, 1.82) is 0 Å². The van der Waals surface area contributed by atoms with E-state index in [1.807, 2.05) is 30.3 Å². The highest BCUT2D eigenvalue weighted by molar-refractivity contribution is 6.36. The van der Waals surface area contributed by atoms with Crippen LogP contribution in [-0.2, 0) is 0 Å². The van der Waals surface area contributed by atoms with E-state index in [-0.39, 0.29) is 5.02 Å². The second-order valence-electron chi connectivity index (χ2n) is 4.61. The normalized spacial score (nSPS) is 11.0. The van der Waals surface area contributed by atoms with Gasteiger partial charge >= 0.3 is 5.97 Å². The standard InChI is InChI=1S/C15H11ClN2O3/c1-8-13-11(14(19)12(17-8)15(20)21)10(16)7-18(13)9-5-3-2-4-6-9/h2-7,19H,1H3,(H,20,21). The predicted octanol–water partition coefficient (Wildman–Crippen LogP) is 3.39. The van der Waals surface area contributed by atoms with Gasteiger partial charge in [-0.2, -0.15) is 0 Å². The van der Waals surface area contributed by atoms with Gasteiger partial charge in [0.1, 0.15) is 0 Å². The van der Waals surface area contributed by atoms with E-state index in [1.54, 1.807) is 17.7 Å². The number of carboxylic acid groups (broad SMARTS) is 1. The molecule has 2 N–H and O–H groups in total. The van der Waals surface area contributed by atoms with E-state index in [2.05, 4.69) is 4.98 Å². The number of hydrogen-bond donors (Lipinski definition) is 2. The Morgan fingerprint density at radius 3 is 2.57 bits per heavy atom. The molecule has 5 nitrogen and oxygen atoms in total. The van der Waals surface area contributed by atoms with E-state index in [4.69, 9.17) is 16.7 Å². The molecule has 1 aromatic carbocycles. The molecule has 0 radical (unpaired) electrons. The number of pyridine rings is 1. The van der Waals surface area contributed by atoms with Crippen molar-refractivity contribution in [3.8, 4) is 11.4 Å². The average molecular weight is 303 g/mol. The summed E-state index contributed by atoms with van der Waals surface area (Å²) in [5.74, 6) is -1.70. The first-order valence-corrected chi connectivity index (χ1v) is 6.57. The monoisotopic (exact) mass is 302 g/mol. The van der Waals surface area contributed by atoms with Gasteiger partial charge in [-0.25, -0.2) is 9.78 Å². The minimum Gasteiger partial charge on any atom is -0.505 e. The predicted molar refractivity (Wildman–Crippen MR) is 79.4 cm³/mol. The molecule has 6 heteroatoms. The molecule has 2 aromatic heterocycles. The molecule has 2 heterocycles. The van der Waals surface area contributed by atoms with Gasteiger partial charge in [0.15, 0.2) is 11.4 Å². The van der Waals surface area contributed by atoms with Crippen molar-refractivity contribution < 1.29 is 15.0 Å². The molecule has 0 saturated carbocycles. The van der Waals surface area contributed by atoms with Gasteiger partial charge in [-0.05, 0) is 19.1 Å². The number of aryl methyl sites for hydroxylation is 1. The van der Waals surface area contributed by atoms with Crippen molar-refractivity contribution in [2.75, 3.05) is 0 Å². The first-order chi connectivity index (χ1) is 10.0. The molecular weight excluding hydrogens is 292 g/mol. The zero-order valence-electron chi connectivity index (χ0n) is 11.0. The molecule has 0 saturated heterocycles. The molecule has 0 unspecified atom stereocenters. The van der Waals surface area contributed by atoms with Gasteiger partial charge in [-0.15, -0.1) is 0 Å². The van der Waals surface area contributed by atoms with Gasteiger partial charge < -0.3 is 14.8 Å². The molecule has 0 amide bonds. The smallest absolute Gasteiger partial charge is 0.358 e. The number of aromatic hydroxyl groups is 1. The van der Waals surface area contributed by atoms with Crippen LogP contribution in [0.1, 0.15) is 16.2 Å². The molecule has 0 aliphatic carbocycles. The number of fused-ring (bicyclic) bond motifs is 1. The van der Waals surface area contributed by atoms with E-state index in [9.17, 15) is 9.90 Å². The van der Waals surface area contributed by atoms with Crippen molar-refractivity contribution in [2.24, 2.45) is 0 Å². The Morgan fingerprint density at radius 1 is 1.29 bits per heavy atom. The third kappa shape index (κ3) is 2.02. The first kappa shape index (κ1) is 13.5. The highest BCUT2D eigenvalue weighted by Gasteiger charge is 2.22. The third-order valence-electron chi connectivity index (χ3n) is 3.28. The molecule has 106 valence electrons. The number of para-hydroxylation sites is 1. The van der Waals surface area contributed by atoms with Gasteiger partial charge in [-0.1, -0.05) is 29.8 Å². The van der Waals surface area contributed by atoms with E-state index in [1.165, 1.54) is 0 Å². The lowest BCUT2D eigenvalue weighted by Gasteiger charge is -2.09. The fourth-order valence-electron chi connectivity index (χ4n) is 2.39. The Kier molecular flexibility index (Phi) is 3.07. The molecule has 0 fully saturated rings. The van der Waals surface area contributed by atoms with E-state index >= 15 is 0 Å². The second kappa shape index (κ2) is 4.79. The van der Waals surface area contributed by atoms with Crippen molar-refractivity contribution >= 4 is 28.5 Å². The highest BCUT2D eigenvalue weighted by atomic mass is 35.5. The number of aromatic carboxylic acids is 1. The zero-order valence-corrected chi connectivity index (χ0v) is 11.8. The summed E-state index contributed by atoms with van der Waals surface area (Å²) >= 11 is 6.18. The van der Waals surface area contributed by atoms with Crippen LogP contribution in [0.4, 0.5) is 0 Å². The number of halogens is 1. The number of carbonyl (C=O) groups is 1. The first-order valence-electron chi connectivity index (χ1n) is 6.19. The maximum atomic E-state index is 11.1. The number of rotatable bonds is 2. The number of nitrogens with zero attached hydrogens (tertiary/aromatic N) is 2. The SMILES string of the molecule is Cc1nc(C(=O)O)c(O)c2c(Cl)cn(-c3ccccc3)c12. The Bertz CT molecular complexity index is 856. The number of aromatic nitrogens is 2. The quantitative estimate of drug-likeness (QED) is 0.761. The van der Waals surface area contributed by atoms with Gasteiger partial charge in [0.05, 0.1) is 21.6 Å². The maximum absolute atomic E-state index is 11.1. The summed E-state index contributed by atoms with van der Waals surface area (Å²) in [6, 6.07) is 9.42. The number of benzene rings is 1. The lowest BCUT2D eigenvalue weighted by molar-refractivity contribution is 0.0687. The van der Waals surface area contributed by atoms with Crippen LogP contribution in [0, 0.1) is 6.92 Å². The third-order valence-corrected chi connectivity index (χ3v) is 3.57. The van der Waals surface area contributed by atoms with Crippen LogP contribution in [-0.4, -0.2) is 25.7 Å².